The second-order valence-corrected chi connectivity index (χ2v) is 7.09. The first-order chi connectivity index (χ1) is 13.5. The summed E-state index contributed by atoms with van der Waals surface area (Å²) in [4.78, 5) is 0.0940. The van der Waals surface area contributed by atoms with Gasteiger partial charge in [-0.05, 0) is 53.7 Å². The molecular weight excluding hydrogens is 382 g/mol. The molecule has 28 heavy (non-hydrogen) atoms. The zero-order valence-corrected chi connectivity index (χ0v) is 15.4. The predicted octanol–water partition coefficient (Wildman–Crippen LogP) is 1.99. The first kappa shape index (κ1) is 18.9. The number of ether oxygens (including phenoxy) is 1. The second kappa shape index (κ2) is 8.19. The quantitative estimate of drug-likeness (QED) is 0.513. The van der Waals surface area contributed by atoms with E-state index < -0.39 is 10.0 Å². The number of methoxy groups -OCH3 is 1. The number of aromatic amines is 1. The Labute approximate surface area is 160 Å². The van der Waals surface area contributed by atoms with Crippen LogP contribution in [0, 0.1) is 11.3 Å². The van der Waals surface area contributed by atoms with Crippen LogP contribution >= 0.6 is 0 Å². The molecule has 3 aromatic rings. The molecule has 3 N–H and O–H groups in total. The van der Waals surface area contributed by atoms with E-state index in [1.165, 1.54) is 25.4 Å². The lowest BCUT2D eigenvalue weighted by Crippen LogP contribution is -2.12. The summed E-state index contributed by atoms with van der Waals surface area (Å²) in [6, 6.07) is 14.5. The number of H-pyrrole nitrogens is 1. The van der Waals surface area contributed by atoms with Crippen molar-refractivity contribution in [1.82, 2.24) is 20.6 Å². The van der Waals surface area contributed by atoms with E-state index in [0.29, 0.717) is 17.1 Å². The first-order valence-electron chi connectivity index (χ1n) is 7.89. The Morgan fingerprint density at radius 1 is 1.14 bits per heavy atom. The maximum absolute atomic E-state index is 12.5. The lowest BCUT2D eigenvalue weighted by Gasteiger charge is -2.09. The SMILES string of the molecule is COc1ccc(NS(=O)(=O)c2ccc(NC=C(C#N)c3nn[nH]n3)cc2)cc1. The molecule has 0 fully saturated rings. The van der Waals surface area contributed by atoms with Gasteiger partial charge in [-0.15, -0.1) is 10.2 Å². The van der Waals surface area contributed by atoms with Crippen molar-refractivity contribution in [2.45, 2.75) is 4.90 Å². The van der Waals surface area contributed by atoms with Gasteiger partial charge >= 0.3 is 0 Å². The predicted molar refractivity (Wildman–Crippen MR) is 102 cm³/mol. The van der Waals surface area contributed by atoms with Crippen molar-refractivity contribution in [2.24, 2.45) is 0 Å². The molecule has 0 bridgehead atoms. The Bertz CT molecular complexity index is 1100. The normalized spacial score (nSPS) is 11.5. The number of nitrogens with zero attached hydrogens (tertiary/aromatic N) is 4. The molecule has 142 valence electrons. The Morgan fingerprint density at radius 2 is 1.82 bits per heavy atom. The van der Waals surface area contributed by atoms with Gasteiger partial charge in [-0.25, -0.2) is 8.42 Å². The molecule has 1 heterocycles. The lowest BCUT2D eigenvalue weighted by molar-refractivity contribution is 0.415. The van der Waals surface area contributed by atoms with Crippen LogP contribution in [-0.2, 0) is 10.0 Å². The maximum atomic E-state index is 12.5. The van der Waals surface area contributed by atoms with Gasteiger partial charge in [0, 0.05) is 17.6 Å². The number of rotatable bonds is 7. The monoisotopic (exact) mass is 397 g/mol. The number of tetrazole rings is 1. The summed E-state index contributed by atoms with van der Waals surface area (Å²) in [6.45, 7) is 0. The summed E-state index contributed by atoms with van der Waals surface area (Å²) >= 11 is 0. The number of nitriles is 1. The number of allylic oxidation sites excluding steroid dienone is 1. The van der Waals surface area contributed by atoms with E-state index in [0.717, 1.165) is 0 Å². The number of aromatic nitrogens is 4. The molecule has 2 aromatic carbocycles. The number of sulfonamides is 1. The van der Waals surface area contributed by atoms with Crippen molar-refractivity contribution in [3.63, 3.8) is 0 Å². The van der Waals surface area contributed by atoms with E-state index in [2.05, 4.69) is 30.7 Å². The van der Waals surface area contributed by atoms with Crippen LogP contribution in [-0.4, -0.2) is 36.2 Å². The number of nitrogens with one attached hydrogen (secondary N) is 3. The van der Waals surface area contributed by atoms with E-state index in [-0.39, 0.29) is 16.3 Å². The minimum atomic E-state index is -3.74. The Hall–Kier alpha value is -3.91. The summed E-state index contributed by atoms with van der Waals surface area (Å²) in [6.07, 6.45) is 1.41. The van der Waals surface area contributed by atoms with E-state index >= 15 is 0 Å². The van der Waals surface area contributed by atoms with Crippen molar-refractivity contribution >= 4 is 27.0 Å². The number of hydrogen-bond donors (Lipinski definition) is 3. The smallest absolute Gasteiger partial charge is 0.261 e. The third-order valence-electron chi connectivity index (χ3n) is 3.60. The van der Waals surface area contributed by atoms with Gasteiger partial charge in [0.15, 0.2) is 0 Å². The highest BCUT2D eigenvalue weighted by molar-refractivity contribution is 7.92. The molecule has 0 unspecified atom stereocenters. The average Bonchev–Trinajstić information content (AvgIpc) is 3.24. The van der Waals surface area contributed by atoms with Gasteiger partial charge in [0.2, 0.25) is 5.82 Å². The topological polar surface area (TPSA) is 146 Å². The van der Waals surface area contributed by atoms with Gasteiger partial charge in [0.1, 0.15) is 17.4 Å². The number of benzene rings is 2. The van der Waals surface area contributed by atoms with E-state index in [9.17, 15) is 8.42 Å². The number of hydrogen-bond acceptors (Lipinski definition) is 8. The third kappa shape index (κ3) is 4.43. The molecule has 10 nitrogen and oxygen atoms in total. The third-order valence-corrected chi connectivity index (χ3v) is 4.99. The highest BCUT2D eigenvalue weighted by atomic mass is 32.2. The second-order valence-electron chi connectivity index (χ2n) is 5.41. The molecule has 0 aliphatic heterocycles. The van der Waals surface area contributed by atoms with Crippen molar-refractivity contribution in [3.05, 3.63) is 60.6 Å². The lowest BCUT2D eigenvalue weighted by atomic mass is 10.3. The van der Waals surface area contributed by atoms with Crippen LogP contribution in [0.15, 0.2) is 59.6 Å². The molecule has 0 saturated carbocycles. The van der Waals surface area contributed by atoms with Crippen LogP contribution in [0.25, 0.3) is 5.57 Å². The molecule has 0 aliphatic rings. The summed E-state index contributed by atoms with van der Waals surface area (Å²) in [5, 5.41) is 25.1. The van der Waals surface area contributed by atoms with Crippen LogP contribution in [0.3, 0.4) is 0 Å². The average molecular weight is 397 g/mol. The van der Waals surface area contributed by atoms with Gasteiger partial charge in [-0.1, -0.05) is 0 Å². The summed E-state index contributed by atoms with van der Waals surface area (Å²) in [5.41, 5.74) is 1.18. The molecule has 0 radical (unpaired) electrons. The highest BCUT2D eigenvalue weighted by Crippen LogP contribution is 2.21. The van der Waals surface area contributed by atoms with Gasteiger partial charge in [0.05, 0.1) is 12.0 Å². The first-order valence-corrected chi connectivity index (χ1v) is 9.38. The van der Waals surface area contributed by atoms with Crippen molar-refractivity contribution < 1.29 is 13.2 Å². The fourth-order valence-electron chi connectivity index (χ4n) is 2.18. The van der Waals surface area contributed by atoms with Crippen LogP contribution in [0.1, 0.15) is 5.82 Å². The molecule has 0 atom stereocenters. The Kier molecular flexibility index (Phi) is 5.52. The van der Waals surface area contributed by atoms with Crippen molar-refractivity contribution in [1.29, 1.82) is 5.26 Å². The number of anilines is 2. The van der Waals surface area contributed by atoms with Crippen molar-refractivity contribution in [2.75, 3.05) is 17.1 Å². The van der Waals surface area contributed by atoms with Crippen molar-refractivity contribution in [3.8, 4) is 11.8 Å². The standard InChI is InChI=1S/C17H15N7O3S/c1-27-15-6-2-14(3-7-15)22-28(25,26)16-8-4-13(5-9-16)19-11-12(10-18)17-20-23-24-21-17/h2-9,11,19,22H,1H3,(H,20,21,23,24). The van der Waals surface area contributed by atoms with Crippen LogP contribution in [0.2, 0.25) is 0 Å². The molecule has 0 aliphatic carbocycles. The Balaban J connectivity index is 1.71. The fraction of sp³-hybridized carbons (Fsp3) is 0.0588. The molecular formula is C17H15N7O3S. The molecule has 0 spiro atoms. The van der Waals surface area contributed by atoms with Gasteiger partial charge in [-0.2, -0.15) is 10.5 Å². The Morgan fingerprint density at radius 3 is 2.39 bits per heavy atom. The van der Waals surface area contributed by atoms with E-state index in [4.69, 9.17) is 10.00 Å². The zero-order valence-electron chi connectivity index (χ0n) is 14.6. The van der Waals surface area contributed by atoms with Crippen LogP contribution in [0.4, 0.5) is 11.4 Å². The van der Waals surface area contributed by atoms with Gasteiger partial charge < -0.3 is 10.1 Å². The summed E-state index contributed by atoms with van der Waals surface area (Å²) in [5.74, 6) is 0.780. The fourth-order valence-corrected chi connectivity index (χ4v) is 3.24. The minimum absolute atomic E-state index is 0.0940. The van der Waals surface area contributed by atoms with Gasteiger partial charge in [0.25, 0.3) is 10.0 Å². The molecule has 11 heteroatoms. The molecule has 0 saturated heterocycles. The molecule has 3 rings (SSSR count). The molecule has 1 aromatic heterocycles. The van der Waals surface area contributed by atoms with Crippen LogP contribution in [0.5, 0.6) is 5.75 Å². The van der Waals surface area contributed by atoms with E-state index in [1.807, 2.05) is 6.07 Å². The molecule has 0 amide bonds. The largest absolute Gasteiger partial charge is 0.497 e. The zero-order chi connectivity index (χ0) is 20.0. The maximum Gasteiger partial charge on any atom is 0.261 e. The van der Waals surface area contributed by atoms with E-state index in [1.54, 1.807) is 36.4 Å². The van der Waals surface area contributed by atoms with Crippen LogP contribution < -0.4 is 14.8 Å². The minimum Gasteiger partial charge on any atom is -0.497 e. The summed E-state index contributed by atoms with van der Waals surface area (Å²) < 4.78 is 32.5. The highest BCUT2D eigenvalue weighted by Gasteiger charge is 2.14. The summed E-state index contributed by atoms with van der Waals surface area (Å²) in [7, 11) is -2.21. The van der Waals surface area contributed by atoms with Gasteiger partial charge in [-0.3, -0.25) is 4.72 Å².